The molecule has 0 aliphatic heterocycles. The van der Waals surface area contributed by atoms with Crippen molar-refractivity contribution in [2.24, 2.45) is 56.7 Å². The summed E-state index contributed by atoms with van der Waals surface area (Å²) >= 11 is 0. The Morgan fingerprint density at radius 2 is 1.35 bits per heavy atom. The molecule has 5 rings (SSSR count). The summed E-state index contributed by atoms with van der Waals surface area (Å²) in [6.45, 7) is 26.1. The van der Waals surface area contributed by atoms with Crippen LogP contribution in [0.4, 0.5) is 0 Å². The van der Waals surface area contributed by atoms with Gasteiger partial charge in [-0.1, -0.05) is 60.1 Å². The molecule has 0 amide bonds. The zero-order valence-corrected chi connectivity index (χ0v) is 24.3. The van der Waals surface area contributed by atoms with Crippen LogP contribution in [-0.4, -0.2) is 5.78 Å². The Morgan fingerprint density at radius 1 is 0.706 bits per heavy atom. The van der Waals surface area contributed by atoms with Gasteiger partial charge in [0.15, 0.2) is 0 Å². The van der Waals surface area contributed by atoms with E-state index in [0.29, 0.717) is 27.1 Å². The second kappa shape index (κ2) is 8.48. The highest BCUT2D eigenvalue weighted by molar-refractivity contribution is 5.72. The molecule has 194 valence electrons. The van der Waals surface area contributed by atoms with Crippen LogP contribution in [0.25, 0.3) is 0 Å². The number of ketones is 1. The predicted octanol–water partition coefficient (Wildman–Crippen LogP) is 9.65. The van der Waals surface area contributed by atoms with Crippen LogP contribution in [0.2, 0.25) is 0 Å². The number of carbonyl (C=O) groups is 1. The van der Waals surface area contributed by atoms with Crippen LogP contribution in [0.1, 0.15) is 133 Å². The average molecular weight is 469 g/mol. The Hall–Kier alpha value is -0.590. The minimum absolute atomic E-state index is 0.167. The normalized spacial score (nSPS) is 51.0. The smallest absolute Gasteiger partial charge is 0.126 e. The summed E-state index contributed by atoms with van der Waals surface area (Å²) in [6.07, 6.45) is 16.2. The first-order valence-electron chi connectivity index (χ1n) is 14.7. The third-order valence-corrected chi connectivity index (χ3v) is 13.2. The maximum Gasteiger partial charge on any atom is 0.126 e. The second-order valence-corrected chi connectivity index (χ2v) is 15.6. The van der Waals surface area contributed by atoms with E-state index in [1.165, 1.54) is 90.0 Å². The van der Waals surface area contributed by atoms with E-state index in [1.807, 2.05) is 0 Å². The Kier molecular flexibility index (Phi) is 6.60. The first-order chi connectivity index (χ1) is 15.6. The van der Waals surface area contributed by atoms with Crippen LogP contribution in [0, 0.1) is 56.7 Å². The summed E-state index contributed by atoms with van der Waals surface area (Å²) in [5.41, 5.74) is 4.28. The lowest BCUT2D eigenvalue weighted by Crippen LogP contribution is -2.65. The Labute approximate surface area is 212 Å². The maximum atomic E-state index is 9.44. The highest BCUT2D eigenvalue weighted by atomic mass is 16.1. The lowest BCUT2D eigenvalue weighted by molar-refractivity contribution is -0.235. The van der Waals surface area contributed by atoms with Gasteiger partial charge in [0.25, 0.3) is 0 Å². The summed E-state index contributed by atoms with van der Waals surface area (Å²) in [5, 5.41) is 0. The summed E-state index contributed by atoms with van der Waals surface area (Å²) in [4.78, 5) is 9.44. The second-order valence-electron chi connectivity index (χ2n) is 15.6. The molecule has 0 N–H and O–H groups in total. The molecule has 5 fully saturated rings. The molecule has 1 nitrogen and oxygen atoms in total. The third-order valence-electron chi connectivity index (χ3n) is 13.2. The van der Waals surface area contributed by atoms with Crippen molar-refractivity contribution in [2.45, 2.75) is 133 Å². The molecule has 5 aliphatic rings. The average Bonchev–Trinajstić information content (AvgIpc) is 3.05. The van der Waals surface area contributed by atoms with Crippen molar-refractivity contribution in [3.05, 3.63) is 12.2 Å². The Morgan fingerprint density at radius 3 is 1.97 bits per heavy atom. The SMILES string of the molecule is C=C(C)C1CCC2(C)CC[C@]3(C)C(CCC4C5(C)CCCC(C)(C)C5CCC43C)C12.CC(C)=O. The summed E-state index contributed by atoms with van der Waals surface area (Å²) < 4.78 is 0. The summed E-state index contributed by atoms with van der Waals surface area (Å²) in [7, 11) is 0. The van der Waals surface area contributed by atoms with Gasteiger partial charge in [-0.15, -0.1) is 0 Å². The molecule has 8 unspecified atom stereocenters. The topological polar surface area (TPSA) is 17.1 Å². The molecule has 1 heteroatoms. The van der Waals surface area contributed by atoms with E-state index in [1.54, 1.807) is 0 Å². The molecule has 34 heavy (non-hydrogen) atoms. The van der Waals surface area contributed by atoms with Crippen LogP contribution < -0.4 is 0 Å². The minimum Gasteiger partial charge on any atom is -0.300 e. The van der Waals surface area contributed by atoms with Gasteiger partial charge in [-0.05, 0) is 142 Å². The van der Waals surface area contributed by atoms with Gasteiger partial charge in [0, 0.05) is 0 Å². The minimum atomic E-state index is 0.167. The number of hydrogen-bond acceptors (Lipinski definition) is 1. The van der Waals surface area contributed by atoms with Crippen molar-refractivity contribution in [3.8, 4) is 0 Å². The van der Waals surface area contributed by atoms with Crippen molar-refractivity contribution < 1.29 is 4.79 Å². The fourth-order valence-electron chi connectivity index (χ4n) is 11.6. The van der Waals surface area contributed by atoms with Gasteiger partial charge in [-0.25, -0.2) is 0 Å². The van der Waals surface area contributed by atoms with Gasteiger partial charge in [-0.3, -0.25) is 0 Å². The van der Waals surface area contributed by atoms with Crippen molar-refractivity contribution in [3.63, 3.8) is 0 Å². The Balaban J connectivity index is 0.000000636. The van der Waals surface area contributed by atoms with Gasteiger partial charge in [0.1, 0.15) is 5.78 Å². The quantitative estimate of drug-likeness (QED) is 0.350. The van der Waals surface area contributed by atoms with E-state index in [-0.39, 0.29) is 5.78 Å². The zero-order chi connectivity index (χ0) is 25.3. The molecule has 0 saturated heterocycles. The number of carbonyl (C=O) groups excluding carboxylic acids is 1. The molecule has 5 saturated carbocycles. The number of allylic oxidation sites excluding steroid dienone is 1. The molecule has 9 atom stereocenters. The van der Waals surface area contributed by atoms with E-state index in [0.717, 1.165) is 29.6 Å². The molecular weight excluding hydrogens is 412 g/mol. The van der Waals surface area contributed by atoms with Crippen LogP contribution in [0.3, 0.4) is 0 Å². The van der Waals surface area contributed by atoms with Crippen LogP contribution in [0.15, 0.2) is 12.2 Å². The van der Waals surface area contributed by atoms with E-state index < -0.39 is 0 Å². The third kappa shape index (κ3) is 3.72. The summed E-state index contributed by atoms with van der Waals surface area (Å²) in [6, 6.07) is 0. The van der Waals surface area contributed by atoms with E-state index in [2.05, 4.69) is 55.0 Å². The highest BCUT2D eigenvalue weighted by Crippen LogP contribution is 2.77. The van der Waals surface area contributed by atoms with Crippen molar-refractivity contribution in [1.82, 2.24) is 0 Å². The molecule has 0 aromatic heterocycles. The molecule has 0 heterocycles. The first-order valence-corrected chi connectivity index (χ1v) is 14.7. The number of Topliss-reactive ketones (excluding diaryl/α,β-unsaturated/α-hetero) is 1. The first kappa shape index (κ1) is 26.5. The van der Waals surface area contributed by atoms with Gasteiger partial charge in [0.05, 0.1) is 0 Å². The van der Waals surface area contributed by atoms with Crippen LogP contribution in [0.5, 0.6) is 0 Å². The van der Waals surface area contributed by atoms with Crippen LogP contribution >= 0.6 is 0 Å². The molecule has 0 aromatic rings. The molecule has 0 spiro atoms. The lowest BCUT2D eigenvalue weighted by atomic mass is 9.32. The molecular formula is C33H56O. The fourth-order valence-corrected chi connectivity index (χ4v) is 11.6. The monoisotopic (exact) mass is 468 g/mol. The Bertz CT molecular complexity index is 818. The fraction of sp³-hybridized carbons (Fsp3) is 0.909. The zero-order valence-electron chi connectivity index (χ0n) is 24.3. The van der Waals surface area contributed by atoms with E-state index in [4.69, 9.17) is 0 Å². The van der Waals surface area contributed by atoms with Crippen molar-refractivity contribution in [1.29, 1.82) is 0 Å². The van der Waals surface area contributed by atoms with Gasteiger partial charge >= 0.3 is 0 Å². The van der Waals surface area contributed by atoms with Crippen molar-refractivity contribution >= 4 is 5.78 Å². The van der Waals surface area contributed by atoms with Crippen molar-refractivity contribution in [2.75, 3.05) is 0 Å². The van der Waals surface area contributed by atoms with Gasteiger partial charge < -0.3 is 4.79 Å². The molecule has 0 radical (unpaired) electrons. The highest BCUT2D eigenvalue weighted by Gasteiger charge is 2.69. The number of fused-ring (bicyclic) bond motifs is 7. The lowest BCUT2D eigenvalue weighted by Gasteiger charge is -2.72. The predicted molar refractivity (Wildman–Crippen MR) is 146 cm³/mol. The van der Waals surface area contributed by atoms with E-state index >= 15 is 0 Å². The number of rotatable bonds is 1. The summed E-state index contributed by atoms with van der Waals surface area (Å²) in [5.74, 6) is 4.68. The van der Waals surface area contributed by atoms with Gasteiger partial charge in [0.2, 0.25) is 0 Å². The van der Waals surface area contributed by atoms with E-state index in [9.17, 15) is 4.79 Å². The van der Waals surface area contributed by atoms with Gasteiger partial charge in [-0.2, -0.15) is 0 Å². The molecule has 0 bridgehead atoms. The standard InChI is InChI=1S/C30H50.C3H6O/c1-20(2)21-12-16-27(5)18-19-29(7)22(25(21)27)10-11-24-28(6)15-9-14-26(3,4)23(28)13-17-30(24,29)8;1-3(2)4/h21-25H,1,9-19H2,2-8H3;1-2H3/t21?,22?,23?,24?,25?,27?,28?,29-,30?;/m1./s1. The molecule has 0 aromatic carbocycles. The largest absolute Gasteiger partial charge is 0.300 e. The van der Waals surface area contributed by atoms with Crippen LogP contribution in [-0.2, 0) is 4.79 Å². The molecule has 5 aliphatic carbocycles. The number of hydrogen-bond donors (Lipinski definition) is 0. The maximum absolute atomic E-state index is 9.44.